The summed E-state index contributed by atoms with van der Waals surface area (Å²) in [5.74, 6) is 0.479. The van der Waals surface area contributed by atoms with Crippen LogP contribution in [-0.2, 0) is 0 Å². The first-order valence-electron chi connectivity index (χ1n) is 6.05. The predicted octanol–water partition coefficient (Wildman–Crippen LogP) is 2.38. The molecule has 18 heavy (non-hydrogen) atoms. The number of aldehydes is 1. The normalized spacial score (nSPS) is 21.6. The van der Waals surface area contributed by atoms with Crippen LogP contribution in [0.3, 0.4) is 0 Å². The minimum Gasteiger partial charge on any atom is -0.327 e. The first-order chi connectivity index (χ1) is 8.78. The van der Waals surface area contributed by atoms with E-state index in [1.807, 2.05) is 30.5 Å². The Labute approximate surface area is 106 Å². The molecule has 90 valence electrons. The van der Waals surface area contributed by atoms with Gasteiger partial charge in [0.25, 0.3) is 0 Å². The van der Waals surface area contributed by atoms with Gasteiger partial charge < -0.3 is 5.73 Å². The summed E-state index contributed by atoms with van der Waals surface area (Å²) in [4.78, 5) is 15.2. The molecule has 1 aliphatic rings. The van der Waals surface area contributed by atoms with E-state index in [1.54, 1.807) is 6.07 Å². The Hall–Kier alpha value is -2.00. The highest BCUT2D eigenvalue weighted by molar-refractivity contribution is 5.78. The van der Waals surface area contributed by atoms with E-state index >= 15 is 0 Å². The standard InChI is InChI=1S/C15H14N2O/c16-14-7-13(14)12-4-5-15(17-8-12)11-3-1-2-10(6-11)9-18/h1-6,8-9,13-14H,7,16H2/t13-,14+/m1/s1. The summed E-state index contributed by atoms with van der Waals surface area (Å²) < 4.78 is 0. The van der Waals surface area contributed by atoms with Crippen molar-refractivity contribution in [2.75, 3.05) is 0 Å². The average molecular weight is 238 g/mol. The Balaban J connectivity index is 1.89. The largest absolute Gasteiger partial charge is 0.327 e. The molecule has 0 amide bonds. The van der Waals surface area contributed by atoms with Crippen molar-refractivity contribution in [2.45, 2.75) is 18.4 Å². The summed E-state index contributed by atoms with van der Waals surface area (Å²) in [5.41, 5.74) is 9.54. The number of carbonyl (C=O) groups excluding carboxylic acids is 1. The molecule has 1 aliphatic carbocycles. The topological polar surface area (TPSA) is 56.0 Å². The van der Waals surface area contributed by atoms with Gasteiger partial charge in [0.05, 0.1) is 5.69 Å². The number of hydrogen-bond donors (Lipinski definition) is 1. The van der Waals surface area contributed by atoms with Crippen molar-refractivity contribution >= 4 is 6.29 Å². The van der Waals surface area contributed by atoms with Crippen molar-refractivity contribution in [1.29, 1.82) is 0 Å². The maximum atomic E-state index is 10.7. The van der Waals surface area contributed by atoms with Crippen molar-refractivity contribution in [3.63, 3.8) is 0 Å². The van der Waals surface area contributed by atoms with Crippen LogP contribution in [0.4, 0.5) is 0 Å². The van der Waals surface area contributed by atoms with Gasteiger partial charge in [-0.2, -0.15) is 0 Å². The number of nitrogens with zero attached hydrogens (tertiary/aromatic N) is 1. The number of rotatable bonds is 3. The minimum absolute atomic E-state index is 0.302. The van der Waals surface area contributed by atoms with Crippen LogP contribution < -0.4 is 5.73 Å². The smallest absolute Gasteiger partial charge is 0.150 e. The van der Waals surface area contributed by atoms with Gasteiger partial charge in [-0.05, 0) is 24.1 Å². The number of hydrogen-bond acceptors (Lipinski definition) is 3. The monoisotopic (exact) mass is 238 g/mol. The predicted molar refractivity (Wildman–Crippen MR) is 70.4 cm³/mol. The van der Waals surface area contributed by atoms with Crippen molar-refractivity contribution in [3.8, 4) is 11.3 Å². The third-order valence-electron chi connectivity index (χ3n) is 3.37. The van der Waals surface area contributed by atoms with Crippen molar-refractivity contribution in [1.82, 2.24) is 4.98 Å². The van der Waals surface area contributed by atoms with Crippen LogP contribution in [0.5, 0.6) is 0 Å². The van der Waals surface area contributed by atoms with E-state index in [1.165, 1.54) is 5.56 Å². The van der Waals surface area contributed by atoms with Gasteiger partial charge in [0.1, 0.15) is 6.29 Å². The number of carbonyl (C=O) groups is 1. The summed E-state index contributed by atoms with van der Waals surface area (Å²) in [5, 5.41) is 0. The lowest BCUT2D eigenvalue weighted by atomic mass is 10.1. The van der Waals surface area contributed by atoms with Crippen LogP contribution in [-0.4, -0.2) is 17.3 Å². The quantitative estimate of drug-likeness (QED) is 0.835. The summed E-state index contributed by atoms with van der Waals surface area (Å²) in [6, 6.07) is 11.8. The highest BCUT2D eigenvalue weighted by Crippen LogP contribution is 2.38. The highest BCUT2D eigenvalue weighted by Gasteiger charge is 2.34. The maximum Gasteiger partial charge on any atom is 0.150 e. The molecule has 1 saturated carbocycles. The van der Waals surface area contributed by atoms with Gasteiger partial charge in [0, 0.05) is 29.3 Å². The summed E-state index contributed by atoms with van der Waals surface area (Å²) in [6.07, 6.45) is 3.79. The highest BCUT2D eigenvalue weighted by atomic mass is 16.1. The Bertz CT molecular complexity index is 577. The van der Waals surface area contributed by atoms with E-state index in [2.05, 4.69) is 11.1 Å². The molecule has 1 aromatic carbocycles. The molecule has 1 heterocycles. The maximum absolute atomic E-state index is 10.7. The third kappa shape index (κ3) is 2.05. The van der Waals surface area contributed by atoms with E-state index in [9.17, 15) is 4.79 Å². The molecule has 0 unspecified atom stereocenters. The second-order valence-corrected chi connectivity index (χ2v) is 4.73. The van der Waals surface area contributed by atoms with Crippen molar-refractivity contribution in [2.24, 2.45) is 5.73 Å². The zero-order valence-electron chi connectivity index (χ0n) is 9.91. The second-order valence-electron chi connectivity index (χ2n) is 4.73. The lowest BCUT2D eigenvalue weighted by Crippen LogP contribution is -2.01. The lowest BCUT2D eigenvalue weighted by Gasteiger charge is -2.03. The zero-order valence-corrected chi connectivity index (χ0v) is 9.91. The minimum atomic E-state index is 0.302. The summed E-state index contributed by atoms with van der Waals surface area (Å²) in [6.45, 7) is 0. The Morgan fingerprint density at radius 2 is 2.11 bits per heavy atom. The number of benzene rings is 1. The molecule has 2 N–H and O–H groups in total. The number of nitrogens with two attached hydrogens (primary N) is 1. The third-order valence-corrected chi connectivity index (χ3v) is 3.37. The zero-order chi connectivity index (χ0) is 12.5. The molecule has 0 radical (unpaired) electrons. The molecule has 0 aliphatic heterocycles. The Morgan fingerprint density at radius 3 is 2.72 bits per heavy atom. The van der Waals surface area contributed by atoms with Crippen molar-refractivity contribution in [3.05, 3.63) is 53.7 Å². The molecular weight excluding hydrogens is 224 g/mol. The van der Waals surface area contributed by atoms with Crippen LogP contribution in [0.1, 0.15) is 28.3 Å². The molecule has 0 spiro atoms. The molecule has 3 nitrogen and oxygen atoms in total. The van der Waals surface area contributed by atoms with E-state index < -0.39 is 0 Å². The SMILES string of the molecule is N[C@H]1C[C@@H]1c1ccc(-c2cccc(C=O)c2)nc1. The molecule has 2 atom stereocenters. The Morgan fingerprint density at radius 1 is 1.28 bits per heavy atom. The average Bonchev–Trinajstić information content (AvgIpc) is 3.16. The molecule has 2 aromatic rings. The van der Waals surface area contributed by atoms with Crippen LogP contribution in [0, 0.1) is 0 Å². The molecule has 1 fully saturated rings. The van der Waals surface area contributed by atoms with E-state index in [-0.39, 0.29) is 0 Å². The fourth-order valence-electron chi connectivity index (χ4n) is 2.16. The lowest BCUT2D eigenvalue weighted by molar-refractivity contribution is 0.112. The first kappa shape index (κ1) is 11.1. The van der Waals surface area contributed by atoms with Gasteiger partial charge in [-0.3, -0.25) is 9.78 Å². The van der Waals surface area contributed by atoms with Crippen LogP contribution in [0.15, 0.2) is 42.6 Å². The second kappa shape index (κ2) is 4.35. The van der Waals surface area contributed by atoms with Crippen LogP contribution in [0.25, 0.3) is 11.3 Å². The fourth-order valence-corrected chi connectivity index (χ4v) is 2.16. The van der Waals surface area contributed by atoms with Gasteiger partial charge in [-0.25, -0.2) is 0 Å². The van der Waals surface area contributed by atoms with E-state index in [0.29, 0.717) is 17.5 Å². The van der Waals surface area contributed by atoms with E-state index in [0.717, 1.165) is 24.0 Å². The van der Waals surface area contributed by atoms with Gasteiger partial charge in [0.2, 0.25) is 0 Å². The summed E-state index contributed by atoms with van der Waals surface area (Å²) >= 11 is 0. The van der Waals surface area contributed by atoms with E-state index in [4.69, 9.17) is 5.73 Å². The molecule has 0 saturated heterocycles. The first-order valence-corrected chi connectivity index (χ1v) is 6.05. The number of pyridine rings is 1. The van der Waals surface area contributed by atoms with Gasteiger partial charge in [-0.15, -0.1) is 0 Å². The van der Waals surface area contributed by atoms with Crippen LogP contribution in [0.2, 0.25) is 0 Å². The number of aromatic nitrogens is 1. The van der Waals surface area contributed by atoms with Gasteiger partial charge >= 0.3 is 0 Å². The van der Waals surface area contributed by atoms with Gasteiger partial charge in [-0.1, -0.05) is 24.3 Å². The molecule has 3 heteroatoms. The molecule has 3 rings (SSSR count). The molecular formula is C15H14N2O. The summed E-state index contributed by atoms with van der Waals surface area (Å²) in [7, 11) is 0. The van der Waals surface area contributed by atoms with Crippen molar-refractivity contribution < 1.29 is 4.79 Å². The van der Waals surface area contributed by atoms with Crippen LogP contribution >= 0.6 is 0 Å². The Kier molecular flexibility index (Phi) is 2.68. The molecule has 0 bridgehead atoms. The molecule has 1 aromatic heterocycles. The fraction of sp³-hybridized carbons (Fsp3) is 0.200. The van der Waals surface area contributed by atoms with Gasteiger partial charge in [0.15, 0.2) is 0 Å².